The first-order chi connectivity index (χ1) is 7.11. The Kier molecular flexibility index (Phi) is 2.26. The van der Waals surface area contributed by atoms with E-state index in [1.807, 2.05) is 0 Å². The number of carbonyl (C=O) groups excluding carboxylic acids is 2. The fourth-order valence-corrected chi connectivity index (χ4v) is 5.31. The monoisotopic (exact) mass is 336 g/mol. The number of cyclic esters (lactones) is 2. The lowest BCUT2D eigenvalue weighted by atomic mass is 9.59. The molecule has 0 aromatic carbocycles. The van der Waals surface area contributed by atoms with Gasteiger partial charge >= 0.3 is 11.9 Å². The third-order valence-electron chi connectivity index (χ3n) is 4.01. The smallest absolute Gasteiger partial charge is 0.317 e. The van der Waals surface area contributed by atoms with E-state index in [-0.39, 0.29) is 45.3 Å². The van der Waals surface area contributed by atoms with Crippen LogP contribution in [0.15, 0.2) is 0 Å². The first-order valence-electron chi connectivity index (χ1n) is 5.15. The minimum Gasteiger partial charge on any atom is -0.393 e. The molecular weight excluding hydrogens is 328 g/mol. The second kappa shape index (κ2) is 3.29. The number of fused-ring (bicyclic) bond motifs is 2. The van der Waals surface area contributed by atoms with Gasteiger partial charge in [0, 0.05) is 9.65 Å². The molecule has 5 heteroatoms. The number of alkyl halides is 2. The van der Waals surface area contributed by atoms with Gasteiger partial charge in [0.05, 0.1) is 11.8 Å². The maximum Gasteiger partial charge on any atom is 0.317 e. The lowest BCUT2D eigenvalue weighted by Crippen LogP contribution is -2.53. The van der Waals surface area contributed by atoms with Gasteiger partial charge in [-0.25, -0.2) is 0 Å². The predicted molar refractivity (Wildman–Crippen MR) is 59.7 cm³/mol. The van der Waals surface area contributed by atoms with E-state index >= 15 is 0 Å². The van der Waals surface area contributed by atoms with E-state index in [9.17, 15) is 9.59 Å². The molecule has 2 bridgehead atoms. The van der Waals surface area contributed by atoms with Gasteiger partial charge in [-0.3, -0.25) is 9.59 Å². The van der Waals surface area contributed by atoms with Gasteiger partial charge in [-0.15, -0.1) is 0 Å². The second-order valence-electron chi connectivity index (χ2n) is 4.59. The average molecular weight is 338 g/mol. The molecule has 3 nitrogen and oxygen atoms in total. The first-order valence-corrected chi connectivity index (χ1v) is 6.98. The van der Waals surface area contributed by atoms with E-state index in [2.05, 4.69) is 31.9 Å². The van der Waals surface area contributed by atoms with Crippen molar-refractivity contribution < 1.29 is 14.3 Å². The molecule has 3 saturated carbocycles. The minimum atomic E-state index is -0.302. The zero-order chi connectivity index (χ0) is 10.7. The van der Waals surface area contributed by atoms with Crippen LogP contribution in [0.25, 0.3) is 0 Å². The summed E-state index contributed by atoms with van der Waals surface area (Å²) < 4.78 is 4.77. The Morgan fingerprint density at radius 1 is 0.933 bits per heavy atom. The standard InChI is InChI=1S/C10H10Br2O3/c11-7-3-1-2-4(8(7)12)6-5(3)9(13)15-10(6)14/h3-8H,1-2H2/t3-,4+,5-,6+,7-,8+. The van der Waals surface area contributed by atoms with Gasteiger partial charge in [0.2, 0.25) is 0 Å². The van der Waals surface area contributed by atoms with Crippen LogP contribution < -0.4 is 0 Å². The summed E-state index contributed by atoms with van der Waals surface area (Å²) in [4.78, 5) is 23.7. The number of ether oxygens (including phenoxy) is 1. The molecule has 15 heavy (non-hydrogen) atoms. The summed E-state index contributed by atoms with van der Waals surface area (Å²) in [5.74, 6) is -0.470. The van der Waals surface area contributed by atoms with E-state index < -0.39 is 0 Å². The van der Waals surface area contributed by atoms with Crippen LogP contribution in [-0.2, 0) is 14.3 Å². The van der Waals surface area contributed by atoms with Gasteiger partial charge in [-0.2, -0.15) is 0 Å². The van der Waals surface area contributed by atoms with Gasteiger partial charge in [0.1, 0.15) is 0 Å². The molecule has 4 aliphatic rings. The molecule has 0 amide bonds. The highest BCUT2D eigenvalue weighted by molar-refractivity contribution is 9.12. The first kappa shape index (κ1) is 10.3. The summed E-state index contributed by atoms with van der Waals surface area (Å²) in [7, 11) is 0. The quantitative estimate of drug-likeness (QED) is 0.385. The highest BCUT2D eigenvalue weighted by Gasteiger charge is 2.62. The predicted octanol–water partition coefficient (Wildman–Crippen LogP) is 1.87. The summed E-state index contributed by atoms with van der Waals surface area (Å²) in [5, 5.41) is 0. The Bertz CT molecular complexity index is 312. The van der Waals surface area contributed by atoms with Crippen molar-refractivity contribution in [3.8, 4) is 0 Å². The topological polar surface area (TPSA) is 43.4 Å². The van der Waals surface area contributed by atoms with E-state index in [0.717, 1.165) is 12.8 Å². The molecule has 0 unspecified atom stereocenters. The van der Waals surface area contributed by atoms with Gasteiger partial charge in [-0.1, -0.05) is 31.9 Å². The van der Waals surface area contributed by atoms with Crippen LogP contribution >= 0.6 is 31.9 Å². The Hall–Kier alpha value is 0.1000. The molecule has 1 aliphatic heterocycles. The van der Waals surface area contributed by atoms with Gasteiger partial charge in [-0.05, 0) is 24.7 Å². The maximum absolute atomic E-state index is 11.6. The van der Waals surface area contributed by atoms with Crippen molar-refractivity contribution in [3.63, 3.8) is 0 Å². The number of hydrogen-bond acceptors (Lipinski definition) is 3. The Morgan fingerprint density at radius 2 is 1.33 bits per heavy atom. The fraction of sp³-hybridized carbons (Fsp3) is 0.800. The molecular formula is C10H10Br2O3. The number of hydrogen-bond donors (Lipinski definition) is 0. The molecule has 0 radical (unpaired) electrons. The van der Waals surface area contributed by atoms with Gasteiger partial charge < -0.3 is 4.74 Å². The van der Waals surface area contributed by atoms with Gasteiger partial charge in [0.15, 0.2) is 0 Å². The fourth-order valence-electron chi connectivity index (χ4n) is 3.34. The summed E-state index contributed by atoms with van der Waals surface area (Å²) in [6.45, 7) is 0. The molecule has 1 saturated heterocycles. The van der Waals surface area contributed by atoms with E-state index in [4.69, 9.17) is 4.74 Å². The molecule has 0 aromatic rings. The lowest BCUT2D eigenvalue weighted by Gasteiger charge is -2.48. The van der Waals surface area contributed by atoms with E-state index in [1.54, 1.807) is 0 Å². The summed E-state index contributed by atoms with van der Waals surface area (Å²) in [5.41, 5.74) is 0. The molecule has 0 aromatic heterocycles. The molecule has 82 valence electrons. The Labute approximate surface area is 104 Å². The summed E-state index contributed by atoms with van der Waals surface area (Å²) in [6, 6.07) is 0. The largest absolute Gasteiger partial charge is 0.393 e. The number of halogens is 2. The van der Waals surface area contributed by atoms with Crippen LogP contribution in [-0.4, -0.2) is 21.6 Å². The average Bonchev–Trinajstić information content (AvgIpc) is 2.51. The minimum absolute atomic E-state index is 0.186. The molecule has 3 aliphatic carbocycles. The Morgan fingerprint density at radius 3 is 1.73 bits per heavy atom. The molecule has 0 spiro atoms. The number of rotatable bonds is 0. The lowest BCUT2D eigenvalue weighted by molar-refractivity contribution is -0.154. The number of carbonyl (C=O) groups is 2. The molecule has 0 N–H and O–H groups in total. The highest BCUT2D eigenvalue weighted by Crippen LogP contribution is 2.56. The third-order valence-corrected chi connectivity index (χ3v) is 7.22. The summed E-state index contributed by atoms with van der Waals surface area (Å²) >= 11 is 7.26. The van der Waals surface area contributed by atoms with Crippen molar-refractivity contribution in [1.82, 2.24) is 0 Å². The van der Waals surface area contributed by atoms with Crippen molar-refractivity contribution in [3.05, 3.63) is 0 Å². The second-order valence-corrected chi connectivity index (χ2v) is 6.70. The zero-order valence-corrected chi connectivity index (χ0v) is 11.0. The SMILES string of the molecule is O=C1OC(=O)[C@H]2[C@@H]3CC[C@@H]([C@@H](Br)[C@H]3Br)[C@@H]12. The van der Waals surface area contributed by atoms with Crippen LogP contribution in [0.4, 0.5) is 0 Å². The molecule has 6 atom stereocenters. The number of esters is 2. The van der Waals surface area contributed by atoms with Crippen LogP contribution in [0.2, 0.25) is 0 Å². The molecule has 4 fully saturated rings. The maximum atomic E-state index is 11.6. The van der Waals surface area contributed by atoms with Crippen molar-refractivity contribution in [2.45, 2.75) is 22.5 Å². The van der Waals surface area contributed by atoms with Gasteiger partial charge in [0.25, 0.3) is 0 Å². The summed E-state index contributed by atoms with van der Waals surface area (Å²) in [6.07, 6.45) is 2.04. The Balaban J connectivity index is 2.03. The van der Waals surface area contributed by atoms with Crippen molar-refractivity contribution in [2.24, 2.45) is 23.7 Å². The van der Waals surface area contributed by atoms with E-state index in [1.165, 1.54) is 0 Å². The van der Waals surface area contributed by atoms with E-state index in [0.29, 0.717) is 0 Å². The highest BCUT2D eigenvalue weighted by atomic mass is 79.9. The van der Waals surface area contributed by atoms with Crippen LogP contribution in [0.5, 0.6) is 0 Å². The van der Waals surface area contributed by atoms with Crippen LogP contribution in [0.1, 0.15) is 12.8 Å². The normalized spacial score (nSPS) is 52.9. The van der Waals surface area contributed by atoms with Crippen LogP contribution in [0, 0.1) is 23.7 Å². The third kappa shape index (κ3) is 1.22. The van der Waals surface area contributed by atoms with Crippen molar-refractivity contribution in [1.29, 1.82) is 0 Å². The van der Waals surface area contributed by atoms with Crippen LogP contribution in [0.3, 0.4) is 0 Å². The molecule has 4 rings (SSSR count). The van der Waals surface area contributed by atoms with Crippen molar-refractivity contribution >= 4 is 43.8 Å². The zero-order valence-electron chi connectivity index (χ0n) is 7.86. The van der Waals surface area contributed by atoms with Crippen molar-refractivity contribution in [2.75, 3.05) is 0 Å². The molecule has 1 heterocycles.